The van der Waals surface area contributed by atoms with Crippen molar-refractivity contribution in [3.63, 3.8) is 0 Å². The predicted molar refractivity (Wildman–Crippen MR) is 115 cm³/mol. The Kier molecular flexibility index (Phi) is 6.58. The summed E-state index contributed by atoms with van der Waals surface area (Å²) in [5, 5.41) is 13.3. The van der Waals surface area contributed by atoms with Gasteiger partial charge in [0.25, 0.3) is 17.5 Å². The number of likely N-dealkylation sites (tertiary alicyclic amines) is 2. The summed E-state index contributed by atoms with van der Waals surface area (Å²) >= 11 is 0. The van der Waals surface area contributed by atoms with Crippen molar-refractivity contribution in [2.24, 2.45) is 5.73 Å². The molecular formula is C21H25N5O7. The van der Waals surface area contributed by atoms with Crippen molar-refractivity contribution in [1.82, 2.24) is 9.80 Å². The molecule has 3 rings (SSSR count). The molecular weight excluding hydrogens is 434 g/mol. The lowest BCUT2D eigenvalue weighted by Gasteiger charge is -2.42. The highest BCUT2D eigenvalue weighted by atomic mass is 16.6. The summed E-state index contributed by atoms with van der Waals surface area (Å²) in [6, 6.07) is 3.04. The van der Waals surface area contributed by atoms with E-state index >= 15 is 0 Å². The van der Waals surface area contributed by atoms with Crippen LogP contribution >= 0.6 is 0 Å². The highest BCUT2D eigenvalue weighted by Gasteiger charge is 2.56. The fraction of sp³-hybridized carbons (Fsp3) is 0.476. The van der Waals surface area contributed by atoms with E-state index < -0.39 is 52.0 Å². The van der Waals surface area contributed by atoms with Gasteiger partial charge < -0.3 is 16.0 Å². The van der Waals surface area contributed by atoms with Gasteiger partial charge in [0.2, 0.25) is 11.8 Å². The van der Waals surface area contributed by atoms with Gasteiger partial charge >= 0.3 is 0 Å². The Morgan fingerprint density at radius 3 is 2.42 bits per heavy atom. The van der Waals surface area contributed by atoms with Gasteiger partial charge in [0.1, 0.15) is 6.04 Å². The topological polar surface area (TPSA) is 173 Å². The summed E-state index contributed by atoms with van der Waals surface area (Å²) < 4.78 is 0. The lowest BCUT2D eigenvalue weighted by molar-refractivity contribution is -0.384. The van der Waals surface area contributed by atoms with Crippen LogP contribution in [-0.2, 0) is 24.0 Å². The molecule has 1 aromatic rings. The largest absolute Gasteiger partial charge is 0.329 e. The normalized spacial score (nSPS) is 23.9. The molecule has 3 atom stereocenters. The first-order valence-corrected chi connectivity index (χ1v) is 10.5. The molecule has 3 N–H and O–H groups in total. The highest BCUT2D eigenvalue weighted by molar-refractivity contribution is 6.22. The van der Waals surface area contributed by atoms with Crippen molar-refractivity contribution >= 4 is 40.8 Å². The molecule has 33 heavy (non-hydrogen) atoms. The molecule has 1 aromatic carbocycles. The van der Waals surface area contributed by atoms with Crippen molar-refractivity contribution in [1.29, 1.82) is 0 Å². The molecule has 0 saturated carbocycles. The van der Waals surface area contributed by atoms with Gasteiger partial charge in [-0.2, -0.15) is 0 Å². The van der Waals surface area contributed by atoms with Crippen LogP contribution in [-0.4, -0.2) is 68.3 Å². The fourth-order valence-corrected chi connectivity index (χ4v) is 4.14. The van der Waals surface area contributed by atoms with Gasteiger partial charge in [-0.05, 0) is 38.8 Å². The third-order valence-electron chi connectivity index (χ3n) is 6.01. The van der Waals surface area contributed by atoms with Crippen LogP contribution in [0.25, 0.3) is 0 Å². The molecule has 2 saturated heterocycles. The quantitative estimate of drug-likeness (QED) is 0.274. The second-order valence-corrected chi connectivity index (χ2v) is 8.30. The number of nitro benzene ring substituents is 1. The summed E-state index contributed by atoms with van der Waals surface area (Å²) in [4.78, 5) is 77.0. The van der Waals surface area contributed by atoms with E-state index in [0.29, 0.717) is 11.3 Å². The third-order valence-corrected chi connectivity index (χ3v) is 6.01. The Labute approximate surface area is 189 Å². The van der Waals surface area contributed by atoms with Gasteiger partial charge in [-0.1, -0.05) is 0 Å². The summed E-state index contributed by atoms with van der Waals surface area (Å²) in [6.07, 6.45) is 0.324. The molecule has 2 aliphatic rings. The number of nitrogens with two attached hydrogens (primary N) is 1. The smallest absolute Gasteiger partial charge is 0.269 e. The lowest BCUT2D eigenvalue weighted by Crippen LogP contribution is -2.68. The van der Waals surface area contributed by atoms with Crippen LogP contribution in [0.2, 0.25) is 0 Å². The monoisotopic (exact) mass is 459 g/mol. The van der Waals surface area contributed by atoms with Crippen LogP contribution in [0.15, 0.2) is 24.3 Å². The minimum Gasteiger partial charge on any atom is -0.329 e. The molecule has 2 heterocycles. The van der Waals surface area contributed by atoms with Crippen LogP contribution in [0.3, 0.4) is 0 Å². The zero-order valence-corrected chi connectivity index (χ0v) is 18.3. The van der Waals surface area contributed by atoms with Crippen LogP contribution in [0, 0.1) is 10.1 Å². The Balaban J connectivity index is 1.91. The van der Waals surface area contributed by atoms with Crippen molar-refractivity contribution in [3.05, 3.63) is 34.4 Å². The number of nitrogens with one attached hydrogen (secondary N) is 1. The summed E-state index contributed by atoms with van der Waals surface area (Å²) in [5.41, 5.74) is 3.50. The zero-order chi connectivity index (χ0) is 24.5. The first-order valence-electron chi connectivity index (χ1n) is 10.5. The van der Waals surface area contributed by atoms with E-state index in [-0.39, 0.29) is 37.2 Å². The number of carbonyl (C=O) groups excluding carboxylic acids is 5. The number of non-ortho nitro benzene ring substituents is 1. The van der Waals surface area contributed by atoms with E-state index in [1.807, 2.05) is 0 Å². The maximum Gasteiger partial charge on any atom is 0.269 e. The number of hydrogen-bond donors (Lipinski definition) is 2. The molecule has 12 nitrogen and oxygen atoms in total. The van der Waals surface area contributed by atoms with Gasteiger partial charge in [-0.25, -0.2) is 0 Å². The maximum atomic E-state index is 13.4. The average molecular weight is 459 g/mol. The second kappa shape index (κ2) is 9.06. The SMILES string of the molecule is C[C@H](N)C(=O)N1CCC[C@H]1C(=O)N1C(=O)CCC(=O)[C@]1(C)C(=O)Nc1ccc([N+](=O)[O-])cc1. The van der Waals surface area contributed by atoms with Crippen LogP contribution in [0.1, 0.15) is 39.5 Å². The van der Waals surface area contributed by atoms with Gasteiger partial charge in [-0.3, -0.25) is 39.0 Å². The predicted octanol–water partition coefficient (Wildman–Crippen LogP) is 0.348. The van der Waals surface area contributed by atoms with E-state index in [1.54, 1.807) is 0 Å². The van der Waals surface area contributed by atoms with Crippen LogP contribution in [0.5, 0.6) is 0 Å². The molecule has 0 aromatic heterocycles. The molecule has 0 radical (unpaired) electrons. The Morgan fingerprint density at radius 1 is 1.21 bits per heavy atom. The van der Waals surface area contributed by atoms with Crippen LogP contribution in [0.4, 0.5) is 11.4 Å². The standard InChI is InChI=1S/C21H25N5O7/c1-12(22)18(29)24-11-3-4-15(24)19(30)25-17(28)10-9-16(27)21(25,2)20(31)23-13-5-7-14(8-6-13)26(32)33/h5-8,12,15H,3-4,9-11,22H2,1-2H3,(H,23,31)/t12-,15-,21+/m0/s1. The van der Waals surface area contributed by atoms with E-state index in [4.69, 9.17) is 5.73 Å². The molecule has 0 bridgehead atoms. The molecule has 0 aliphatic carbocycles. The molecule has 176 valence electrons. The van der Waals surface area contributed by atoms with E-state index in [9.17, 15) is 34.1 Å². The number of piperidine rings is 1. The molecule has 0 unspecified atom stereocenters. The van der Waals surface area contributed by atoms with Crippen molar-refractivity contribution in [2.45, 2.75) is 57.2 Å². The number of nitro groups is 1. The second-order valence-electron chi connectivity index (χ2n) is 8.30. The van der Waals surface area contributed by atoms with Crippen molar-refractivity contribution in [3.8, 4) is 0 Å². The van der Waals surface area contributed by atoms with Gasteiger partial charge in [-0.15, -0.1) is 0 Å². The molecule has 2 aliphatic heterocycles. The average Bonchev–Trinajstić information content (AvgIpc) is 3.26. The highest BCUT2D eigenvalue weighted by Crippen LogP contribution is 2.31. The number of rotatable bonds is 5. The summed E-state index contributed by atoms with van der Waals surface area (Å²) in [6.45, 7) is 2.95. The number of amides is 4. The maximum absolute atomic E-state index is 13.4. The lowest BCUT2D eigenvalue weighted by atomic mass is 9.84. The third kappa shape index (κ3) is 4.33. The molecule has 12 heteroatoms. The minimum atomic E-state index is -2.14. The minimum absolute atomic E-state index is 0.152. The van der Waals surface area contributed by atoms with Gasteiger partial charge in [0.05, 0.1) is 11.0 Å². The van der Waals surface area contributed by atoms with Crippen molar-refractivity contribution < 1.29 is 28.9 Å². The van der Waals surface area contributed by atoms with E-state index in [1.165, 1.54) is 43.0 Å². The molecule has 2 fully saturated rings. The number of ketones is 1. The zero-order valence-electron chi connectivity index (χ0n) is 18.3. The number of benzene rings is 1. The fourth-order valence-electron chi connectivity index (χ4n) is 4.14. The Morgan fingerprint density at radius 2 is 1.85 bits per heavy atom. The van der Waals surface area contributed by atoms with E-state index in [0.717, 1.165) is 0 Å². The van der Waals surface area contributed by atoms with Crippen LogP contribution < -0.4 is 11.1 Å². The van der Waals surface area contributed by atoms with Crippen molar-refractivity contribution in [2.75, 3.05) is 11.9 Å². The Hall–Kier alpha value is -3.67. The van der Waals surface area contributed by atoms with E-state index in [2.05, 4.69) is 5.32 Å². The summed E-state index contributed by atoms with van der Waals surface area (Å²) in [7, 11) is 0. The molecule has 0 spiro atoms. The number of imide groups is 1. The number of carbonyl (C=O) groups is 5. The molecule has 4 amide bonds. The number of hydrogen-bond acceptors (Lipinski definition) is 8. The summed E-state index contributed by atoms with van der Waals surface area (Å²) in [5.74, 6) is -3.51. The van der Waals surface area contributed by atoms with Gasteiger partial charge in [0.15, 0.2) is 11.3 Å². The number of anilines is 1. The Bertz CT molecular complexity index is 1020. The number of nitrogens with zero attached hydrogens (tertiary/aromatic N) is 3. The first kappa shape index (κ1) is 24.0. The number of Topliss-reactive ketones (excluding diaryl/α,β-unsaturated/α-hetero) is 1. The van der Waals surface area contributed by atoms with Gasteiger partial charge in [0, 0.05) is 37.2 Å². The first-order chi connectivity index (χ1) is 15.5.